The molecule has 0 spiro atoms. The lowest BCUT2D eigenvalue weighted by molar-refractivity contribution is 0.110. The Balaban J connectivity index is 2.46. The van der Waals surface area contributed by atoms with Gasteiger partial charge in [-0.25, -0.2) is 0 Å². The van der Waals surface area contributed by atoms with Crippen LogP contribution in [0, 0.1) is 0 Å². The first kappa shape index (κ1) is 13.6. The van der Waals surface area contributed by atoms with Crippen molar-refractivity contribution in [3.8, 4) is 0 Å². The van der Waals surface area contributed by atoms with Gasteiger partial charge in [-0.2, -0.15) is 4.68 Å². The molecule has 1 aliphatic heterocycles. The fraction of sp³-hybridized carbons (Fsp3) is 0.357. The fourth-order valence-corrected chi connectivity index (χ4v) is 2.51. The molecule has 7 heteroatoms. The lowest BCUT2D eigenvalue weighted by atomic mass is 10.2. The maximum atomic E-state index is 12.7. The molecule has 1 fully saturated rings. The van der Waals surface area contributed by atoms with Gasteiger partial charge in [-0.3, -0.25) is 14.4 Å². The van der Waals surface area contributed by atoms with Crippen molar-refractivity contribution < 1.29 is 4.74 Å². The molecule has 110 valence electrons. The molecule has 1 saturated heterocycles. The smallest absolute Gasteiger partial charge is 0.338 e. The summed E-state index contributed by atoms with van der Waals surface area (Å²) in [7, 11) is 1.50. The minimum atomic E-state index is -0.833. The van der Waals surface area contributed by atoms with Gasteiger partial charge >= 0.3 is 11.1 Å². The molecule has 0 N–H and O–H groups in total. The average molecular weight is 289 g/mol. The monoisotopic (exact) mass is 289 g/mol. The second-order valence-electron chi connectivity index (χ2n) is 4.87. The van der Waals surface area contributed by atoms with E-state index in [-0.39, 0.29) is 0 Å². The van der Waals surface area contributed by atoms with Crippen molar-refractivity contribution in [3.63, 3.8) is 0 Å². The first-order valence-corrected chi connectivity index (χ1v) is 6.69. The highest BCUT2D eigenvalue weighted by atomic mass is 16.5. The number of morpholine rings is 1. The van der Waals surface area contributed by atoms with Gasteiger partial charge in [0.2, 0.25) is 0 Å². The third-order valence-corrected chi connectivity index (χ3v) is 3.64. The van der Waals surface area contributed by atoms with Crippen molar-refractivity contribution >= 4 is 10.9 Å². The molecule has 1 aromatic heterocycles. The van der Waals surface area contributed by atoms with Crippen LogP contribution in [0.5, 0.6) is 0 Å². The van der Waals surface area contributed by atoms with E-state index in [0.717, 1.165) is 4.68 Å². The Morgan fingerprint density at radius 3 is 2.33 bits per heavy atom. The average Bonchev–Trinajstić information content (AvgIpc) is 2.60. The molecular formula is C14H15N3O4. The summed E-state index contributed by atoms with van der Waals surface area (Å²) in [6.45, 7) is 1.64. The Kier molecular flexibility index (Phi) is 3.34. The Bertz CT molecular complexity index is 863. The van der Waals surface area contributed by atoms with Gasteiger partial charge in [0.05, 0.1) is 37.2 Å². The zero-order valence-corrected chi connectivity index (χ0v) is 11.6. The second kappa shape index (κ2) is 5.17. The van der Waals surface area contributed by atoms with E-state index in [2.05, 4.69) is 0 Å². The van der Waals surface area contributed by atoms with Gasteiger partial charge in [0.15, 0.2) is 0 Å². The SMILES string of the molecule is Cn1c(=O)c(=O)n(N2CCOCC2)c(=O)c2ccccc21. The van der Waals surface area contributed by atoms with Gasteiger partial charge in [-0.1, -0.05) is 12.1 Å². The quantitative estimate of drug-likeness (QED) is 0.632. The van der Waals surface area contributed by atoms with Crippen LogP contribution in [0.25, 0.3) is 10.9 Å². The zero-order chi connectivity index (χ0) is 15.0. The van der Waals surface area contributed by atoms with E-state index < -0.39 is 16.7 Å². The summed E-state index contributed by atoms with van der Waals surface area (Å²) in [4.78, 5) is 37.3. The maximum absolute atomic E-state index is 12.7. The van der Waals surface area contributed by atoms with Gasteiger partial charge in [0.1, 0.15) is 0 Å². The topological polar surface area (TPSA) is 73.5 Å². The molecule has 21 heavy (non-hydrogen) atoms. The normalized spacial score (nSPS) is 15.4. The minimum absolute atomic E-state index is 0.339. The van der Waals surface area contributed by atoms with Crippen LogP contribution in [0.1, 0.15) is 0 Å². The van der Waals surface area contributed by atoms with Crippen molar-refractivity contribution in [1.29, 1.82) is 0 Å². The molecular weight excluding hydrogens is 274 g/mol. The summed E-state index contributed by atoms with van der Waals surface area (Å²) >= 11 is 0. The highest BCUT2D eigenvalue weighted by Gasteiger charge is 2.18. The van der Waals surface area contributed by atoms with Crippen molar-refractivity contribution in [2.24, 2.45) is 7.05 Å². The van der Waals surface area contributed by atoms with Crippen LogP contribution in [0.15, 0.2) is 38.6 Å². The Morgan fingerprint density at radius 1 is 0.952 bits per heavy atom. The maximum Gasteiger partial charge on any atom is 0.338 e. The van der Waals surface area contributed by atoms with Crippen LogP contribution >= 0.6 is 0 Å². The lowest BCUT2D eigenvalue weighted by Gasteiger charge is -2.28. The van der Waals surface area contributed by atoms with E-state index in [0.29, 0.717) is 37.2 Å². The van der Waals surface area contributed by atoms with E-state index >= 15 is 0 Å². The first-order chi connectivity index (χ1) is 10.1. The van der Waals surface area contributed by atoms with Crippen LogP contribution in [-0.2, 0) is 11.8 Å². The number of para-hydroxylation sites is 1. The molecule has 0 saturated carbocycles. The number of benzene rings is 1. The van der Waals surface area contributed by atoms with E-state index in [1.54, 1.807) is 29.3 Å². The summed E-state index contributed by atoms with van der Waals surface area (Å²) in [5.41, 5.74) is -1.59. The summed E-state index contributed by atoms with van der Waals surface area (Å²) in [6.07, 6.45) is 0. The highest BCUT2D eigenvalue weighted by Crippen LogP contribution is 2.04. The van der Waals surface area contributed by atoms with Crippen LogP contribution in [0.2, 0.25) is 0 Å². The minimum Gasteiger partial charge on any atom is -0.378 e. The molecule has 0 radical (unpaired) electrons. The van der Waals surface area contributed by atoms with Crippen molar-refractivity contribution in [2.45, 2.75) is 0 Å². The first-order valence-electron chi connectivity index (χ1n) is 6.69. The van der Waals surface area contributed by atoms with Crippen molar-refractivity contribution in [2.75, 3.05) is 31.3 Å². The van der Waals surface area contributed by atoms with Gasteiger partial charge in [-0.05, 0) is 12.1 Å². The number of rotatable bonds is 1. The third kappa shape index (κ3) is 2.15. The molecule has 2 heterocycles. The molecule has 2 aromatic rings. The molecule has 1 aromatic carbocycles. The Morgan fingerprint density at radius 2 is 1.62 bits per heavy atom. The third-order valence-electron chi connectivity index (χ3n) is 3.64. The number of hydrogen-bond acceptors (Lipinski definition) is 5. The lowest BCUT2D eigenvalue weighted by Crippen LogP contribution is -2.56. The second-order valence-corrected chi connectivity index (χ2v) is 4.87. The Labute approximate surface area is 119 Å². The van der Waals surface area contributed by atoms with Crippen LogP contribution in [0.4, 0.5) is 0 Å². The number of ether oxygens (including phenoxy) is 1. The molecule has 0 atom stereocenters. The molecule has 1 aliphatic rings. The Hall–Kier alpha value is -2.41. The molecule has 0 bridgehead atoms. The standard InChI is InChI=1S/C14H15N3O4/c1-15-11-5-3-2-4-10(11)12(18)17(14(20)13(15)19)16-6-8-21-9-7-16/h2-5H,6-9H2,1H3. The van der Waals surface area contributed by atoms with Gasteiger partial charge in [0.25, 0.3) is 5.56 Å². The van der Waals surface area contributed by atoms with Crippen LogP contribution in [-0.4, -0.2) is 35.5 Å². The molecule has 7 nitrogen and oxygen atoms in total. The van der Waals surface area contributed by atoms with Crippen LogP contribution < -0.4 is 21.7 Å². The summed E-state index contributed by atoms with van der Waals surface area (Å²) in [5.74, 6) is 0. The number of hydrogen-bond donors (Lipinski definition) is 0. The van der Waals surface area contributed by atoms with Crippen molar-refractivity contribution in [1.82, 2.24) is 9.24 Å². The summed E-state index contributed by atoms with van der Waals surface area (Å²) in [6, 6.07) is 6.71. The highest BCUT2D eigenvalue weighted by molar-refractivity contribution is 5.77. The molecule has 3 rings (SSSR count). The molecule has 0 amide bonds. The number of nitrogens with zero attached hydrogens (tertiary/aromatic N) is 3. The summed E-state index contributed by atoms with van der Waals surface area (Å²) in [5, 5.41) is 1.91. The van der Waals surface area contributed by atoms with E-state index in [1.165, 1.54) is 11.6 Å². The van der Waals surface area contributed by atoms with Gasteiger partial charge in [-0.15, -0.1) is 0 Å². The van der Waals surface area contributed by atoms with Gasteiger partial charge < -0.3 is 14.3 Å². The number of fused-ring (bicyclic) bond motifs is 1. The van der Waals surface area contributed by atoms with Crippen molar-refractivity contribution in [3.05, 3.63) is 55.3 Å². The van der Waals surface area contributed by atoms with E-state index in [9.17, 15) is 14.4 Å². The number of aromatic nitrogens is 2. The molecule has 0 aliphatic carbocycles. The van der Waals surface area contributed by atoms with E-state index in [4.69, 9.17) is 4.74 Å². The predicted molar refractivity (Wildman–Crippen MR) is 78.5 cm³/mol. The number of aryl methyl sites for hydroxylation is 1. The summed E-state index contributed by atoms with van der Waals surface area (Å²) < 4.78 is 7.39. The zero-order valence-electron chi connectivity index (χ0n) is 11.6. The van der Waals surface area contributed by atoms with Gasteiger partial charge in [0, 0.05) is 7.05 Å². The fourth-order valence-electron chi connectivity index (χ4n) is 2.51. The predicted octanol–water partition coefficient (Wildman–Crippen LogP) is -0.971. The van der Waals surface area contributed by atoms with E-state index in [1.807, 2.05) is 0 Å². The molecule has 0 unspecified atom stereocenters. The largest absolute Gasteiger partial charge is 0.378 e. The van der Waals surface area contributed by atoms with Crippen LogP contribution in [0.3, 0.4) is 0 Å².